The number of rotatable bonds is 7. The van der Waals surface area contributed by atoms with Gasteiger partial charge in [-0.3, -0.25) is 9.78 Å². The van der Waals surface area contributed by atoms with E-state index in [-0.39, 0.29) is 11.9 Å². The van der Waals surface area contributed by atoms with Gasteiger partial charge in [-0.15, -0.1) is 12.3 Å². The summed E-state index contributed by atoms with van der Waals surface area (Å²) in [5.41, 5.74) is 3.08. The number of nitrogens with zero attached hydrogens (tertiary/aromatic N) is 2. The van der Waals surface area contributed by atoms with Crippen molar-refractivity contribution < 1.29 is 4.79 Å². The first kappa shape index (κ1) is 18.6. The lowest BCUT2D eigenvalue weighted by molar-refractivity contribution is -0.116. The normalized spacial score (nSPS) is 11.4. The first-order chi connectivity index (χ1) is 13.2. The van der Waals surface area contributed by atoms with Crippen LogP contribution in [-0.2, 0) is 4.79 Å². The molecular weight excluding hydrogens is 356 g/mol. The molecule has 1 unspecified atom stereocenters. The van der Waals surface area contributed by atoms with E-state index in [1.807, 2.05) is 24.3 Å². The van der Waals surface area contributed by atoms with Crippen LogP contribution in [0, 0.1) is 12.3 Å². The van der Waals surface area contributed by atoms with Gasteiger partial charge in [0, 0.05) is 43.0 Å². The number of benzene rings is 1. The third-order valence-corrected chi connectivity index (χ3v) is 4.92. The van der Waals surface area contributed by atoms with E-state index in [0.717, 1.165) is 16.1 Å². The van der Waals surface area contributed by atoms with Crippen molar-refractivity contribution in [3.05, 3.63) is 60.6 Å². The van der Waals surface area contributed by atoms with Crippen molar-refractivity contribution in [2.75, 3.05) is 10.6 Å². The Kier molecular flexibility index (Phi) is 6.18. The van der Waals surface area contributed by atoms with E-state index >= 15 is 0 Å². The molecule has 0 saturated carbocycles. The number of aromatic nitrogens is 2. The van der Waals surface area contributed by atoms with Crippen LogP contribution in [0.15, 0.2) is 55.0 Å². The van der Waals surface area contributed by atoms with Crippen molar-refractivity contribution in [1.82, 2.24) is 9.97 Å². The van der Waals surface area contributed by atoms with Gasteiger partial charge in [-0.2, -0.15) is 0 Å². The number of hydrogen-bond acceptors (Lipinski definition) is 5. The maximum atomic E-state index is 11.8. The van der Waals surface area contributed by atoms with Gasteiger partial charge in [0.1, 0.15) is 0 Å². The molecule has 0 aliphatic carbocycles. The molecule has 0 bridgehead atoms. The molecule has 2 N–H and O–H groups in total. The van der Waals surface area contributed by atoms with E-state index in [1.165, 1.54) is 16.9 Å². The van der Waals surface area contributed by atoms with Crippen LogP contribution in [-0.4, -0.2) is 15.9 Å². The molecule has 136 valence electrons. The third kappa shape index (κ3) is 5.16. The molecule has 6 heteroatoms. The minimum atomic E-state index is -0.126. The van der Waals surface area contributed by atoms with Crippen LogP contribution in [0.25, 0.3) is 10.4 Å². The molecule has 0 aliphatic rings. The average Bonchev–Trinajstić information content (AvgIpc) is 3.15. The van der Waals surface area contributed by atoms with Crippen LogP contribution in [0.4, 0.5) is 10.8 Å². The van der Waals surface area contributed by atoms with Crippen molar-refractivity contribution in [3.63, 3.8) is 0 Å². The molecule has 5 nitrogen and oxygen atoms in total. The largest absolute Gasteiger partial charge is 0.377 e. The van der Waals surface area contributed by atoms with E-state index in [4.69, 9.17) is 6.42 Å². The van der Waals surface area contributed by atoms with Crippen LogP contribution in [0.5, 0.6) is 0 Å². The van der Waals surface area contributed by atoms with Gasteiger partial charge in [-0.05, 0) is 18.6 Å². The van der Waals surface area contributed by atoms with Crippen molar-refractivity contribution >= 4 is 28.1 Å². The molecule has 1 amide bonds. The zero-order valence-electron chi connectivity index (χ0n) is 15.0. The summed E-state index contributed by atoms with van der Waals surface area (Å²) in [6, 6.07) is 12.4. The number of carbonyl (C=O) groups excluding carboxylic acids is 1. The number of thiazole rings is 1. The summed E-state index contributed by atoms with van der Waals surface area (Å²) in [5, 5.41) is 6.79. The zero-order chi connectivity index (χ0) is 19.1. The third-order valence-electron chi connectivity index (χ3n) is 3.95. The number of carbonyl (C=O) groups is 1. The van der Waals surface area contributed by atoms with E-state index in [0.29, 0.717) is 18.0 Å². The smallest absolute Gasteiger partial charge is 0.227 e. The molecule has 1 atom stereocenters. The van der Waals surface area contributed by atoms with Gasteiger partial charge in [0.25, 0.3) is 0 Å². The first-order valence-corrected chi connectivity index (χ1v) is 9.43. The molecule has 0 saturated heterocycles. The van der Waals surface area contributed by atoms with Crippen molar-refractivity contribution in [1.29, 1.82) is 0 Å². The molecule has 2 heterocycles. The molecule has 3 aromatic rings. The minimum Gasteiger partial charge on any atom is -0.377 e. The quantitative estimate of drug-likeness (QED) is 0.585. The maximum absolute atomic E-state index is 11.8. The van der Waals surface area contributed by atoms with Gasteiger partial charge in [0.15, 0.2) is 5.13 Å². The highest BCUT2D eigenvalue weighted by Gasteiger charge is 2.10. The van der Waals surface area contributed by atoms with Crippen molar-refractivity contribution in [3.8, 4) is 22.8 Å². The lowest BCUT2D eigenvalue weighted by Gasteiger charge is -2.15. The predicted octanol–water partition coefficient (Wildman–Crippen LogP) is 4.73. The summed E-state index contributed by atoms with van der Waals surface area (Å²) in [5.74, 6) is 2.33. The molecule has 1 aromatic carbocycles. The zero-order valence-corrected chi connectivity index (χ0v) is 15.8. The van der Waals surface area contributed by atoms with Gasteiger partial charge in [0.05, 0.1) is 10.6 Å². The Labute approximate surface area is 162 Å². The minimum absolute atomic E-state index is 0.126. The SMILES string of the molecule is C#CCCC(=O)Nc1ncc(-c2cncc(NC(C)c3ccccc3)c2)s1. The monoisotopic (exact) mass is 376 g/mol. The van der Waals surface area contributed by atoms with Crippen LogP contribution in [0.2, 0.25) is 0 Å². The molecule has 0 fully saturated rings. The van der Waals surface area contributed by atoms with Gasteiger partial charge < -0.3 is 10.6 Å². The first-order valence-electron chi connectivity index (χ1n) is 8.62. The summed E-state index contributed by atoms with van der Waals surface area (Å²) in [4.78, 5) is 21.3. The standard InChI is InChI=1S/C21H20N4OS/c1-3-4-10-20(26)25-21-23-14-19(27-21)17-11-18(13-22-12-17)24-15(2)16-8-6-5-7-9-16/h1,5-9,11-15,24H,4,10H2,2H3,(H,23,25,26). The Morgan fingerprint density at radius 1 is 1.26 bits per heavy atom. The van der Waals surface area contributed by atoms with Crippen LogP contribution >= 0.6 is 11.3 Å². The highest BCUT2D eigenvalue weighted by atomic mass is 32.1. The number of terminal acetylenes is 1. The summed E-state index contributed by atoms with van der Waals surface area (Å²) in [6.07, 6.45) is 11.2. The molecule has 2 aromatic heterocycles. The Balaban J connectivity index is 1.69. The van der Waals surface area contributed by atoms with Gasteiger partial charge in [-0.1, -0.05) is 41.7 Å². The molecule has 0 radical (unpaired) electrons. The second-order valence-electron chi connectivity index (χ2n) is 6.02. The Hall–Kier alpha value is -3.17. The lowest BCUT2D eigenvalue weighted by atomic mass is 10.1. The van der Waals surface area contributed by atoms with Crippen molar-refractivity contribution in [2.24, 2.45) is 0 Å². The highest BCUT2D eigenvalue weighted by Crippen LogP contribution is 2.30. The second-order valence-corrected chi connectivity index (χ2v) is 7.05. The van der Waals surface area contributed by atoms with Gasteiger partial charge in [-0.25, -0.2) is 4.98 Å². The van der Waals surface area contributed by atoms with E-state index < -0.39 is 0 Å². The fourth-order valence-electron chi connectivity index (χ4n) is 2.56. The summed E-state index contributed by atoms with van der Waals surface area (Å²) in [7, 11) is 0. The summed E-state index contributed by atoms with van der Waals surface area (Å²) < 4.78 is 0. The predicted molar refractivity (Wildman–Crippen MR) is 111 cm³/mol. The molecule has 3 rings (SSSR count). The molecule has 27 heavy (non-hydrogen) atoms. The van der Waals surface area contributed by atoms with Gasteiger partial charge >= 0.3 is 0 Å². The number of nitrogens with one attached hydrogen (secondary N) is 2. The Morgan fingerprint density at radius 3 is 2.85 bits per heavy atom. The topological polar surface area (TPSA) is 66.9 Å². The molecule has 0 aliphatic heterocycles. The van der Waals surface area contributed by atoms with Crippen LogP contribution < -0.4 is 10.6 Å². The summed E-state index contributed by atoms with van der Waals surface area (Å²) >= 11 is 1.41. The van der Waals surface area contributed by atoms with Crippen molar-refractivity contribution in [2.45, 2.75) is 25.8 Å². The van der Waals surface area contributed by atoms with Crippen LogP contribution in [0.3, 0.4) is 0 Å². The lowest BCUT2D eigenvalue weighted by Crippen LogP contribution is -2.10. The van der Waals surface area contributed by atoms with E-state index in [2.05, 4.69) is 45.6 Å². The number of hydrogen-bond donors (Lipinski definition) is 2. The average molecular weight is 376 g/mol. The Bertz CT molecular complexity index is 946. The fraction of sp³-hybridized carbons (Fsp3) is 0.190. The number of pyridine rings is 1. The Morgan fingerprint density at radius 2 is 2.07 bits per heavy atom. The fourth-order valence-corrected chi connectivity index (χ4v) is 3.37. The second kappa shape index (κ2) is 8.97. The van der Waals surface area contributed by atoms with Crippen LogP contribution in [0.1, 0.15) is 31.4 Å². The number of amides is 1. The van der Waals surface area contributed by atoms with Gasteiger partial charge in [0.2, 0.25) is 5.91 Å². The highest BCUT2D eigenvalue weighted by molar-refractivity contribution is 7.19. The van der Waals surface area contributed by atoms with E-state index in [9.17, 15) is 4.79 Å². The van der Waals surface area contributed by atoms with E-state index in [1.54, 1.807) is 18.6 Å². The maximum Gasteiger partial charge on any atom is 0.227 e. The molecule has 0 spiro atoms. The summed E-state index contributed by atoms with van der Waals surface area (Å²) in [6.45, 7) is 2.11. The molecular formula is C21H20N4OS. The number of anilines is 2.